The molecule has 0 unspecified atom stereocenters. The molecule has 0 fully saturated rings. The van der Waals surface area contributed by atoms with E-state index >= 15 is 0 Å². The first-order chi connectivity index (χ1) is 9.83. The molecule has 0 amide bonds. The third kappa shape index (κ3) is 4.07. The van der Waals surface area contributed by atoms with E-state index in [2.05, 4.69) is 20.4 Å². The zero-order chi connectivity index (χ0) is 14.2. The van der Waals surface area contributed by atoms with E-state index in [1.165, 1.54) is 14.2 Å². The Labute approximate surface area is 117 Å². The lowest BCUT2D eigenvalue weighted by molar-refractivity contribution is -0.264. The second-order valence-corrected chi connectivity index (χ2v) is 4.08. The summed E-state index contributed by atoms with van der Waals surface area (Å²) in [5, 5.41) is 6.37. The van der Waals surface area contributed by atoms with Crippen molar-refractivity contribution in [3.05, 3.63) is 59.2 Å². The molecule has 20 heavy (non-hydrogen) atoms. The largest absolute Gasteiger partial charge is 0.360 e. The van der Waals surface area contributed by atoms with Gasteiger partial charge in [0, 0.05) is 12.4 Å². The summed E-state index contributed by atoms with van der Waals surface area (Å²) in [6.45, 7) is 0.787. The standard InChI is InChI=1S/C14H18N2O4/c1-17-19-9-11-3-5-15-13(7-11)14-8-12(4-6-16-14)10-20-18-2/h3-8,15-16H,9-10H2,1-2H3. The zero-order valence-electron chi connectivity index (χ0n) is 11.5. The Bertz CT molecular complexity index is 445. The number of hydrogen-bond acceptors (Lipinski definition) is 6. The second kappa shape index (κ2) is 7.66. The molecule has 0 aromatic carbocycles. The molecule has 2 aliphatic heterocycles. The van der Waals surface area contributed by atoms with Crippen LogP contribution in [0.2, 0.25) is 0 Å². The second-order valence-electron chi connectivity index (χ2n) is 4.08. The molecule has 0 atom stereocenters. The van der Waals surface area contributed by atoms with Crippen molar-refractivity contribution in [2.24, 2.45) is 0 Å². The SMILES string of the molecule is COOCC1=CC(=C2C=C(COOC)C=CN2)NC=C1. The van der Waals surface area contributed by atoms with E-state index in [1.54, 1.807) is 0 Å². The number of nitrogens with one attached hydrogen (secondary N) is 2. The van der Waals surface area contributed by atoms with E-state index < -0.39 is 0 Å². The Kier molecular flexibility index (Phi) is 5.57. The number of allylic oxidation sites excluding steroid dienone is 2. The summed E-state index contributed by atoms with van der Waals surface area (Å²) in [5.41, 5.74) is 3.91. The summed E-state index contributed by atoms with van der Waals surface area (Å²) in [6.07, 6.45) is 11.6. The summed E-state index contributed by atoms with van der Waals surface area (Å²) in [4.78, 5) is 19.1. The molecule has 0 saturated heterocycles. The van der Waals surface area contributed by atoms with Crippen LogP contribution in [-0.2, 0) is 19.6 Å². The van der Waals surface area contributed by atoms with Crippen LogP contribution in [-0.4, -0.2) is 27.4 Å². The van der Waals surface area contributed by atoms with E-state index in [9.17, 15) is 0 Å². The summed E-state index contributed by atoms with van der Waals surface area (Å²) in [7, 11) is 2.98. The molecule has 0 aromatic rings. The van der Waals surface area contributed by atoms with Gasteiger partial charge in [-0.15, -0.1) is 0 Å². The molecule has 6 nitrogen and oxygen atoms in total. The molecule has 2 heterocycles. The van der Waals surface area contributed by atoms with E-state index in [4.69, 9.17) is 9.78 Å². The summed E-state index contributed by atoms with van der Waals surface area (Å²) < 4.78 is 0. The van der Waals surface area contributed by atoms with Crippen LogP contribution >= 0.6 is 0 Å². The van der Waals surface area contributed by atoms with Gasteiger partial charge in [0.05, 0.1) is 25.6 Å². The highest BCUT2D eigenvalue weighted by Crippen LogP contribution is 2.16. The molecule has 0 saturated carbocycles. The highest BCUT2D eigenvalue weighted by Gasteiger charge is 2.09. The Balaban J connectivity index is 2.11. The Morgan fingerprint density at radius 3 is 1.65 bits per heavy atom. The monoisotopic (exact) mass is 278 g/mol. The van der Waals surface area contributed by atoms with Crippen molar-refractivity contribution in [2.45, 2.75) is 0 Å². The average molecular weight is 278 g/mol. The van der Waals surface area contributed by atoms with Gasteiger partial charge in [-0.05, 0) is 35.5 Å². The van der Waals surface area contributed by atoms with E-state index in [0.717, 1.165) is 22.5 Å². The molecule has 2 aliphatic rings. The van der Waals surface area contributed by atoms with Gasteiger partial charge in [-0.1, -0.05) is 0 Å². The maximum atomic E-state index is 4.93. The van der Waals surface area contributed by atoms with Gasteiger partial charge >= 0.3 is 0 Å². The Morgan fingerprint density at radius 1 is 0.800 bits per heavy atom. The van der Waals surface area contributed by atoms with Gasteiger partial charge < -0.3 is 10.6 Å². The van der Waals surface area contributed by atoms with Crippen molar-refractivity contribution in [3.63, 3.8) is 0 Å². The minimum atomic E-state index is 0.394. The molecule has 108 valence electrons. The maximum absolute atomic E-state index is 4.93. The van der Waals surface area contributed by atoms with Crippen LogP contribution in [0, 0.1) is 0 Å². The fraction of sp³-hybridized carbons (Fsp3) is 0.286. The molecule has 0 bridgehead atoms. The van der Waals surface area contributed by atoms with Crippen molar-refractivity contribution in [1.82, 2.24) is 10.6 Å². The quantitative estimate of drug-likeness (QED) is 0.566. The average Bonchev–Trinajstić information content (AvgIpc) is 2.51. The van der Waals surface area contributed by atoms with E-state index in [-0.39, 0.29) is 0 Å². The van der Waals surface area contributed by atoms with Crippen LogP contribution in [0.5, 0.6) is 0 Å². The highest BCUT2D eigenvalue weighted by atomic mass is 17.2. The van der Waals surface area contributed by atoms with Gasteiger partial charge in [-0.3, -0.25) is 0 Å². The van der Waals surface area contributed by atoms with Gasteiger partial charge in [0.2, 0.25) is 0 Å². The van der Waals surface area contributed by atoms with Crippen LogP contribution in [0.3, 0.4) is 0 Å². The third-order valence-corrected chi connectivity index (χ3v) is 2.71. The minimum Gasteiger partial charge on any atom is -0.360 e. The highest BCUT2D eigenvalue weighted by molar-refractivity contribution is 5.45. The van der Waals surface area contributed by atoms with Gasteiger partial charge in [0.15, 0.2) is 0 Å². The Hall–Kier alpha value is -1.86. The number of rotatable bonds is 6. The number of dihydropyridines is 2. The van der Waals surface area contributed by atoms with Gasteiger partial charge in [0.1, 0.15) is 13.2 Å². The summed E-state index contributed by atoms with van der Waals surface area (Å²) in [5.74, 6) is 0. The molecule has 2 rings (SSSR count). The lowest BCUT2D eigenvalue weighted by Gasteiger charge is -2.17. The Morgan fingerprint density at radius 2 is 1.25 bits per heavy atom. The first-order valence-corrected chi connectivity index (χ1v) is 6.16. The molecule has 0 spiro atoms. The van der Waals surface area contributed by atoms with Crippen molar-refractivity contribution < 1.29 is 19.6 Å². The maximum Gasteiger partial charge on any atom is 0.107 e. The molecular formula is C14H18N2O4. The van der Waals surface area contributed by atoms with E-state index in [1.807, 2.05) is 36.7 Å². The van der Waals surface area contributed by atoms with Crippen LogP contribution in [0.1, 0.15) is 0 Å². The topological polar surface area (TPSA) is 61.0 Å². The van der Waals surface area contributed by atoms with Crippen molar-refractivity contribution in [2.75, 3.05) is 27.4 Å². The smallest absolute Gasteiger partial charge is 0.107 e. The lowest BCUT2D eigenvalue weighted by Crippen LogP contribution is -2.19. The lowest BCUT2D eigenvalue weighted by atomic mass is 10.1. The van der Waals surface area contributed by atoms with Gasteiger partial charge in [0.25, 0.3) is 0 Å². The van der Waals surface area contributed by atoms with Crippen LogP contribution in [0.15, 0.2) is 59.2 Å². The van der Waals surface area contributed by atoms with Crippen molar-refractivity contribution in [1.29, 1.82) is 0 Å². The molecular weight excluding hydrogens is 260 g/mol. The first-order valence-electron chi connectivity index (χ1n) is 6.16. The predicted molar refractivity (Wildman–Crippen MR) is 73.7 cm³/mol. The summed E-state index contributed by atoms with van der Waals surface area (Å²) in [6, 6.07) is 0. The molecule has 2 N–H and O–H groups in total. The molecule has 0 aliphatic carbocycles. The fourth-order valence-electron chi connectivity index (χ4n) is 1.77. The van der Waals surface area contributed by atoms with Crippen molar-refractivity contribution >= 4 is 0 Å². The third-order valence-electron chi connectivity index (χ3n) is 2.71. The molecule has 6 heteroatoms. The first kappa shape index (κ1) is 14.5. The number of hydrogen-bond donors (Lipinski definition) is 2. The fourth-order valence-corrected chi connectivity index (χ4v) is 1.77. The van der Waals surface area contributed by atoms with Gasteiger partial charge in [-0.2, -0.15) is 0 Å². The molecule has 0 radical (unpaired) electrons. The molecule has 0 aromatic heterocycles. The normalized spacial score (nSPS) is 21.1. The van der Waals surface area contributed by atoms with Crippen molar-refractivity contribution in [3.8, 4) is 0 Å². The summed E-state index contributed by atoms with van der Waals surface area (Å²) >= 11 is 0. The van der Waals surface area contributed by atoms with Crippen LogP contribution in [0.4, 0.5) is 0 Å². The van der Waals surface area contributed by atoms with Crippen LogP contribution < -0.4 is 10.6 Å². The zero-order valence-corrected chi connectivity index (χ0v) is 11.5. The van der Waals surface area contributed by atoms with E-state index in [0.29, 0.717) is 13.2 Å². The predicted octanol–water partition coefficient (Wildman–Crippen LogP) is 1.44. The minimum absolute atomic E-state index is 0.394. The van der Waals surface area contributed by atoms with Crippen LogP contribution in [0.25, 0.3) is 0 Å². The van der Waals surface area contributed by atoms with Gasteiger partial charge in [-0.25, -0.2) is 19.6 Å².